The topological polar surface area (TPSA) is 79.3 Å². The largest absolute Gasteiger partial charge is 0.477 e. The van der Waals surface area contributed by atoms with Crippen molar-refractivity contribution >= 4 is 29.3 Å². The molecular formula is C10H12N2O3S. The van der Waals surface area contributed by atoms with Gasteiger partial charge >= 0.3 is 5.97 Å². The van der Waals surface area contributed by atoms with Crippen LogP contribution in [0.2, 0.25) is 0 Å². The van der Waals surface area contributed by atoms with E-state index in [0.717, 1.165) is 5.75 Å². The van der Waals surface area contributed by atoms with Crippen molar-refractivity contribution in [3.8, 4) is 0 Å². The zero-order valence-corrected chi connectivity index (χ0v) is 9.58. The molecule has 1 rings (SSSR count). The molecular weight excluding hydrogens is 228 g/mol. The summed E-state index contributed by atoms with van der Waals surface area (Å²) in [5.74, 6) is -0.500. The molecule has 0 aliphatic heterocycles. The van der Waals surface area contributed by atoms with Crippen molar-refractivity contribution in [2.45, 2.75) is 6.42 Å². The molecule has 1 aromatic heterocycles. The first-order valence-electron chi connectivity index (χ1n) is 4.61. The molecule has 0 unspecified atom stereocenters. The number of carboxylic acids is 1. The van der Waals surface area contributed by atoms with Crippen LogP contribution in [0.1, 0.15) is 16.9 Å². The number of thioether (sulfide) groups is 1. The summed E-state index contributed by atoms with van der Waals surface area (Å²) in [6, 6.07) is 2.89. The van der Waals surface area contributed by atoms with Crippen molar-refractivity contribution in [3.63, 3.8) is 0 Å². The number of nitrogens with zero attached hydrogens (tertiary/aromatic N) is 1. The molecule has 1 amide bonds. The fourth-order valence-corrected chi connectivity index (χ4v) is 1.43. The molecule has 6 heteroatoms. The first kappa shape index (κ1) is 12.5. The lowest BCUT2D eigenvalue weighted by molar-refractivity contribution is -0.115. The standard InChI is InChI=1S/C10H12N2O3S/c1-16-5-3-9(13)12-7-2-4-11-8(6-7)10(14)15/h2,4,6H,3,5H2,1H3,(H,14,15)(H,11,12,13). The van der Waals surface area contributed by atoms with Crippen LogP contribution >= 0.6 is 11.8 Å². The molecule has 0 bridgehead atoms. The third kappa shape index (κ3) is 3.90. The average Bonchev–Trinajstić information content (AvgIpc) is 2.26. The van der Waals surface area contributed by atoms with Crippen LogP contribution in [0.4, 0.5) is 5.69 Å². The zero-order valence-electron chi connectivity index (χ0n) is 8.77. The van der Waals surface area contributed by atoms with E-state index in [1.54, 1.807) is 17.8 Å². The molecule has 0 spiro atoms. The second-order valence-electron chi connectivity index (χ2n) is 3.03. The molecule has 5 nitrogen and oxygen atoms in total. The SMILES string of the molecule is CSCCC(=O)Nc1ccnc(C(=O)O)c1. The highest BCUT2D eigenvalue weighted by molar-refractivity contribution is 7.98. The van der Waals surface area contributed by atoms with Gasteiger partial charge in [-0.25, -0.2) is 9.78 Å². The third-order valence-electron chi connectivity index (χ3n) is 1.80. The Labute approximate surface area is 97.3 Å². The van der Waals surface area contributed by atoms with Crippen molar-refractivity contribution in [2.24, 2.45) is 0 Å². The van der Waals surface area contributed by atoms with Gasteiger partial charge in [0.1, 0.15) is 5.69 Å². The summed E-state index contributed by atoms with van der Waals surface area (Å²) >= 11 is 1.58. The van der Waals surface area contributed by atoms with Gasteiger partial charge in [0, 0.05) is 24.1 Å². The molecule has 0 fully saturated rings. The number of amides is 1. The van der Waals surface area contributed by atoms with Crippen LogP contribution in [-0.4, -0.2) is 34.0 Å². The van der Waals surface area contributed by atoms with E-state index in [0.29, 0.717) is 12.1 Å². The summed E-state index contributed by atoms with van der Waals surface area (Å²) in [4.78, 5) is 25.6. The summed E-state index contributed by atoms with van der Waals surface area (Å²) in [5, 5.41) is 11.3. The van der Waals surface area contributed by atoms with Crippen LogP contribution in [0.3, 0.4) is 0 Å². The fraction of sp³-hybridized carbons (Fsp3) is 0.300. The van der Waals surface area contributed by atoms with Crippen LogP contribution in [0.15, 0.2) is 18.3 Å². The summed E-state index contributed by atoms with van der Waals surface area (Å²) < 4.78 is 0. The molecule has 0 aliphatic carbocycles. The molecule has 1 heterocycles. The monoisotopic (exact) mass is 240 g/mol. The number of carboxylic acid groups (broad SMARTS) is 1. The summed E-state index contributed by atoms with van der Waals surface area (Å²) in [5.41, 5.74) is 0.376. The highest BCUT2D eigenvalue weighted by atomic mass is 32.2. The van der Waals surface area contributed by atoms with Gasteiger partial charge in [-0.3, -0.25) is 4.79 Å². The molecule has 86 valence electrons. The van der Waals surface area contributed by atoms with E-state index in [9.17, 15) is 9.59 Å². The third-order valence-corrected chi connectivity index (χ3v) is 2.41. The van der Waals surface area contributed by atoms with Gasteiger partial charge in [0.05, 0.1) is 0 Å². The predicted molar refractivity (Wildman–Crippen MR) is 62.8 cm³/mol. The van der Waals surface area contributed by atoms with Crippen LogP contribution in [0.25, 0.3) is 0 Å². The van der Waals surface area contributed by atoms with Crippen LogP contribution < -0.4 is 5.32 Å². The van der Waals surface area contributed by atoms with Gasteiger partial charge in [0.15, 0.2) is 0 Å². The van der Waals surface area contributed by atoms with E-state index in [4.69, 9.17) is 5.11 Å². The number of aromatic nitrogens is 1. The van der Waals surface area contributed by atoms with Crippen molar-refractivity contribution < 1.29 is 14.7 Å². The maximum Gasteiger partial charge on any atom is 0.354 e. The Morgan fingerprint density at radius 3 is 2.94 bits per heavy atom. The lowest BCUT2D eigenvalue weighted by atomic mass is 10.3. The first-order valence-corrected chi connectivity index (χ1v) is 6.01. The maximum absolute atomic E-state index is 11.4. The van der Waals surface area contributed by atoms with Gasteiger partial charge < -0.3 is 10.4 Å². The minimum atomic E-state index is -1.11. The van der Waals surface area contributed by atoms with Crippen molar-refractivity contribution in [1.82, 2.24) is 4.98 Å². The maximum atomic E-state index is 11.4. The number of carbonyl (C=O) groups excluding carboxylic acids is 1. The van der Waals surface area contributed by atoms with Gasteiger partial charge in [-0.2, -0.15) is 11.8 Å². The highest BCUT2D eigenvalue weighted by Gasteiger charge is 2.06. The van der Waals surface area contributed by atoms with Gasteiger partial charge in [-0.15, -0.1) is 0 Å². The normalized spacial score (nSPS) is 9.81. The molecule has 0 aliphatic rings. The number of pyridine rings is 1. The number of hydrogen-bond acceptors (Lipinski definition) is 4. The summed E-state index contributed by atoms with van der Waals surface area (Å²) in [6.45, 7) is 0. The smallest absolute Gasteiger partial charge is 0.354 e. The minimum absolute atomic E-state index is 0.0809. The minimum Gasteiger partial charge on any atom is -0.477 e. The Hall–Kier alpha value is -1.56. The fourth-order valence-electron chi connectivity index (χ4n) is 1.04. The predicted octanol–water partition coefficient (Wildman–Crippen LogP) is 1.47. The summed E-state index contributed by atoms with van der Waals surface area (Å²) in [7, 11) is 0. The van der Waals surface area contributed by atoms with Crippen LogP contribution in [-0.2, 0) is 4.79 Å². The molecule has 1 aromatic rings. The number of rotatable bonds is 5. The molecule has 0 saturated heterocycles. The summed E-state index contributed by atoms with van der Waals surface area (Å²) in [6.07, 6.45) is 3.68. The highest BCUT2D eigenvalue weighted by Crippen LogP contribution is 2.09. The zero-order chi connectivity index (χ0) is 12.0. The Kier molecular flexibility index (Phi) is 4.78. The Balaban J connectivity index is 2.63. The second-order valence-corrected chi connectivity index (χ2v) is 4.01. The average molecular weight is 240 g/mol. The second kappa shape index (κ2) is 6.12. The lowest BCUT2D eigenvalue weighted by Crippen LogP contribution is -2.13. The van der Waals surface area contributed by atoms with Gasteiger partial charge in [0.25, 0.3) is 0 Å². The quantitative estimate of drug-likeness (QED) is 0.814. The molecule has 2 N–H and O–H groups in total. The first-order chi connectivity index (χ1) is 7.63. The van der Waals surface area contributed by atoms with E-state index in [2.05, 4.69) is 10.3 Å². The molecule has 0 aromatic carbocycles. The number of anilines is 1. The van der Waals surface area contributed by atoms with Crippen molar-refractivity contribution in [1.29, 1.82) is 0 Å². The number of carbonyl (C=O) groups is 2. The van der Waals surface area contributed by atoms with E-state index < -0.39 is 5.97 Å². The van der Waals surface area contributed by atoms with E-state index in [1.807, 2.05) is 6.26 Å². The molecule has 0 radical (unpaired) electrons. The number of hydrogen-bond donors (Lipinski definition) is 2. The number of aromatic carboxylic acids is 1. The van der Waals surface area contributed by atoms with Gasteiger partial charge in [-0.05, 0) is 18.4 Å². The Bertz CT molecular complexity index is 395. The lowest BCUT2D eigenvalue weighted by Gasteiger charge is -2.04. The van der Waals surface area contributed by atoms with E-state index in [-0.39, 0.29) is 11.6 Å². The van der Waals surface area contributed by atoms with E-state index >= 15 is 0 Å². The van der Waals surface area contributed by atoms with Crippen LogP contribution in [0, 0.1) is 0 Å². The number of nitrogens with one attached hydrogen (secondary N) is 1. The van der Waals surface area contributed by atoms with Crippen molar-refractivity contribution in [3.05, 3.63) is 24.0 Å². The van der Waals surface area contributed by atoms with Gasteiger partial charge in [0.2, 0.25) is 5.91 Å². The van der Waals surface area contributed by atoms with Crippen molar-refractivity contribution in [2.75, 3.05) is 17.3 Å². The Morgan fingerprint density at radius 1 is 1.56 bits per heavy atom. The molecule has 0 saturated carbocycles. The Morgan fingerprint density at radius 2 is 2.31 bits per heavy atom. The molecule has 0 atom stereocenters. The van der Waals surface area contributed by atoms with Crippen LogP contribution in [0.5, 0.6) is 0 Å². The molecule has 16 heavy (non-hydrogen) atoms. The van der Waals surface area contributed by atoms with E-state index in [1.165, 1.54) is 12.3 Å². The van der Waals surface area contributed by atoms with Gasteiger partial charge in [-0.1, -0.05) is 0 Å².